The Morgan fingerprint density at radius 3 is 2.00 bits per heavy atom. The van der Waals surface area contributed by atoms with Gasteiger partial charge in [-0.2, -0.15) is 0 Å². The smallest absolute Gasteiger partial charge is 0.322 e. The van der Waals surface area contributed by atoms with Gasteiger partial charge < -0.3 is 5.73 Å². The molecule has 1 aromatic heterocycles. The third-order valence-corrected chi connectivity index (χ3v) is 5.82. The lowest BCUT2D eigenvalue weighted by Crippen LogP contribution is -2.44. The number of aromatic nitrogens is 2. The molecule has 2 N–H and O–H groups in total. The zero-order chi connectivity index (χ0) is 24.4. The Hall–Kier alpha value is -3.62. The molecule has 0 bridgehead atoms. The Bertz CT molecular complexity index is 1450. The molecule has 182 valence electrons. The van der Waals surface area contributed by atoms with Gasteiger partial charge in [-0.15, -0.1) is 12.4 Å². The first-order valence-electron chi connectivity index (χ1n) is 10.6. The molecule has 0 aliphatic heterocycles. The zero-order valence-corrected chi connectivity index (χ0v) is 19.6. The van der Waals surface area contributed by atoms with Crippen LogP contribution in [0.15, 0.2) is 82.4 Å². The summed E-state index contributed by atoms with van der Waals surface area (Å²) >= 11 is 0. The molecule has 3 aromatic carbocycles. The van der Waals surface area contributed by atoms with Gasteiger partial charge in [0.2, 0.25) is 0 Å². The van der Waals surface area contributed by atoms with Crippen molar-refractivity contribution in [3.8, 4) is 11.1 Å². The van der Waals surface area contributed by atoms with Gasteiger partial charge in [-0.25, -0.2) is 18.0 Å². The minimum Gasteiger partial charge on any atom is -0.322 e. The van der Waals surface area contributed by atoms with E-state index in [0.717, 1.165) is 21.3 Å². The van der Waals surface area contributed by atoms with Gasteiger partial charge in [-0.05, 0) is 30.7 Å². The summed E-state index contributed by atoms with van der Waals surface area (Å²) in [7, 11) is 0. The lowest BCUT2D eigenvalue weighted by molar-refractivity contribution is 0.493. The monoisotopic (exact) mass is 501 g/mol. The summed E-state index contributed by atoms with van der Waals surface area (Å²) < 4.78 is 45.5. The van der Waals surface area contributed by atoms with E-state index in [-0.39, 0.29) is 41.3 Å². The fourth-order valence-corrected chi connectivity index (χ4v) is 3.97. The SMILES string of the molecule is Cc1c(-c2ccccc2F)c(=O)n(C[C@H](N)c2ccccc2)c(=O)n1Cc1c(F)cccc1F.Cl. The van der Waals surface area contributed by atoms with Crippen LogP contribution in [0.2, 0.25) is 0 Å². The molecule has 9 heteroatoms. The second kappa shape index (κ2) is 10.8. The van der Waals surface area contributed by atoms with Gasteiger partial charge in [0.05, 0.1) is 18.7 Å². The summed E-state index contributed by atoms with van der Waals surface area (Å²) in [6, 6.07) is 17.2. The quantitative estimate of drug-likeness (QED) is 0.420. The maximum atomic E-state index is 14.7. The van der Waals surface area contributed by atoms with Crippen molar-refractivity contribution in [2.24, 2.45) is 5.73 Å². The van der Waals surface area contributed by atoms with Crippen LogP contribution in [-0.4, -0.2) is 9.13 Å². The standard InChI is InChI=1S/C26H22F3N3O2.ClH/c1-16-24(18-10-5-6-11-20(18)27)25(33)32(15-23(30)17-8-3-2-4-9-17)26(34)31(16)14-19-21(28)12-7-13-22(19)29;/h2-13,23H,14-15,30H2,1H3;1H/t23-;/m0./s1. The molecule has 0 aliphatic carbocycles. The van der Waals surface area contributed by atoms with Gasteiger partial charge in [0, 0.05) is 22.9 Å². The number of halogens is 4. The van der Waals surface area contributed by atoms with E-state index in [4.69, 9.17) is 5.73 Å². The van der Waals surface area contributed by atoms with E-state index in [1.165, 1.54) is 31.2 Å². The van der Waals surface area contributed by atoms with E-state index < -0.39 is 41.3 Å². The van der Waals surface area contributed by atoms with E-state index >= 15 is 0 Å². The first-order chi connectivity index (χ1) is 16.3. The average Bonchev–Trinajstić information content (AvgIpc) is 2.83. The van der Waals surface area contributed by atoms with Crippen LogP contribution in [-0.2, 0) is 13.1 Å². The van der Waals surface area contributed by atoms with Gasteiger partial charge in [-0.3, -0.25) is 13.9 Å². The van der Waals surface area contributed by atoms with Crippen molar-refractivity contribution in [3.63, 3.8) is 0 Å². The molecule has 0 saturated carbocycles. The Morgan fingerprint density at radius 2 is 1.37 bits per heavy atom. The molecule has 0 aliphatic rings. The van der Waals surface area contributed by atoms with Crippen LogP contribution in [0.1, 0.15) is 22.9 Å². The van der Waals surface area contributed by atoms with Crippen LogP contribution in [0.25, 0.3) is 11.1 Å². The van der Waals surface area contributed by atoms with Gasteiger partial charge >= 0.3 is 5.69 Å². The summed E-state index contributed by atoms with van der Waals surface area (Å²) in [6.45, 7) is 0.763. The molecular weight excluding hydrogens is 479 g/mol. The summed E-state index contributed by atoms with van der Waals surface area (Å²) in [6.07, 6.45) is 0. The number of nitrogens with two attached hydrogens (primary N) is 1. The molecule has 4 aromatic rings. The second-order valence-corrected chi connectivity index (χ2v) is 7.94. The van der Waals surface area contributed by atoms with Crippen LogP contribution < -0.4 is 17.0 Å². The minimum absolute atomic E-state index is 0. The highest BCUT2D eigenvalue weighted by Crippen LogP contribution is 2.23. The molecule has 0 amide bonds. The summed E-state index contributed by atoms with van der Waals surface area (Å²) in [5, 5.41) is 0. The number of nitrogens with zero attached hydrogens (tertiary/aromatic N) is 2. The van der Waals surface area contributed by atoms with Gasteiger partial charge in [0.1, 0.15) is 17.5 Å². The van der Waals surface area contributed by atoms with Gasteiger partial charge in [0.25, 0.3) is 5.56 Å². The highest BCUT2D eigenvalue weighted by Gasteiger charge is 2.23. The molecule has 0 fully saturated rings. The molecule has 0 radical (unpaired) electrons. The van der Waals surface area contributed by atoms with Crippen molar-refractivity contribution in [1.82, 2.24) is 9.13 Å². The predicted octanol–water partition coefficient (Wildman–Crippen LogP) is 4.57. The van der Waals surface area contributed by atoms with Gasteiger partial charge in [0.15, 0.2) is 0 Å². The maximum absolute atomic E-state index is 14.7. The zero-order valence-electron chi connectivity index (χ0n) is 18.8. The summed E-state index contributed by atoms with van der Waals surface area (Å²) in [5.41, 5.74) is 5.09. The van der Waals surface area contributed by atoms with Crippen LogP contribution in [0, 0.1) is 24.4 Å². The van der Waals surface area contributed by atoms with E-state index in [0.29, 0.717) is 5.56 Å². The van der Waals surface area contributed by atoms with Crippen molar-refractivity contribution in [1.29, 1.82) is 0 Å². The Kier molecular flexibility index (Phi) is 7.99. The second-order valence-electron chi connectivity index (χ2n) is 7.94. The van der Waals surface area contributed by atoms with Crippen molar-refractivity contribution in [2.45, 2.75) is 26.1 Å². The molecule has 1 heterocycles. The third-order valence-electron chi connectivity index (χ3n) is 5.82. The van der Waals surface area contributed by atoms with Crippen molar-refractivity contribution >= 4 is 12.4 Å². The van der Waals surface area contributed by atoms with Crippen molar-refractivity contribution in [2.75, 3.05) is 0 Å². The largest absolute Gasteiger partial charge is 0.331 e. The predicted molar refractivity (Wildman–Crippen MR) is 131 cm³/mol. The number of rotatable bonds is 6. The van der Waals surface area contributed by atoms with Crippen LogP contribution in [0.3, 0.4) is 0 Å². The Balaban J connectivity index is 0.00000342. The average molecular weight is 502 g/mol. The first-order valence-corrected chi connectivity index (χ1v) is 10.6. The normalized spacial score (nSPS) is 11.7. The number of hydrogen-bond donors (Lipinski definition) is 1. The van der Waals surface area contributed by atoms with Gasteiger partial charge in [-0.1, -0.05) is 54.6 Å². The maximum Gasteiger partial charge on any atom is 0.331 e. The number of benzene rings is 3. The van der Waals surface area contributed by atoms with E-state index in [1.54, 1.807) is 36.4 Å². The van der Waals surface area contributed by atoms with Crippen molar-refractivity contribution < 1.29 is 13.2 Å². The molecule has 0 saturated heterocycles. The van der Waals surface area contributed by atoms with E-state index in [1.807, 2.05) is 0 Å². The highest BCUT2D eigenvalue weighted by atomic mass is 35.5. The first kappa shape index (κ1) is 26.0. The van der Waals surface area contributed by atoms with Crippen LogP contribution in [0.4, 0.5) is 13.2 Å². The molecular formula is C26H23ClF3N3O2. The topological polar surface area (TPSA) is 70.0 Å². The number of hydrogen-bond acceptors (Lipinski definition) is 3. The summed E-state index contributed by atoms with van der Waals surface area (Å²) in [5.74, 6) is -2.33. The van der Waals surface area contributed by atoms with Crippen LogP contribution >= 0.6 is 12.4 Å². The fraction of sp³-hybridized carbons (Fsp3) is 0.154. The minimum atomic E-state index is -0.836. The summed E-state index contributed by atoms with van der Waals surface area (Å²) in [4.78, 5) is 26.9. The molecule has 1 atom stereocenters. The molecule has 0 spiro atoms. The molecule has 5 nitrogen and oxygen atoms in total. The Labute approximate surface area is 205 Å². The fourth-order valence-electron chi connectivity index (χ4n) is 3.97. The van der Waals surface area contributed by atoms with E-state index in [2.05, 4.69) is 0 Å². The van der Waals surface area contributed by atoms with Crippen molar-refractivity contribution in [3.05, 3.63) is 128 Å². The molecule has 4 rings (SSSR count). The van der Waals surface area contributed by atoms with Crippen LogP contribution in [0.5, 0.6) is 0 Å². The highest BCUT2D eigenvalue weighted by molar-refractivity contribution is 5.85. The Morgan fingerprint density at radius 1 is 0.800 bits per heavy atom. The third kappa shape index (κ3) is 5.08. The van der Waals surface area contributed by atoms with E-state index in [9.17, 15) is 22.8 Å². The lowest BCUT2D eigenvalue weighted by atomic mass is 10.0. The molecule has 35 heavy (non-hydrogen) atoms. The molecule has 0 unspecified atom stereocenters. The lowest BCUT2D eigenvalue weighted by Gasteiger charge is -2.20.